The van der Waals surface area contributed by atoms with Crippen molar-refractivity contribution in [3.63, 3.8) is 0 Å². The lowest BCUT2D eigenvalue weighted by molar-refractivity contribution is 0.145. The third kappa shape index (κ3) is 6.65. The van der Waals surface area contributed by atoms with E-state index < -0.39 is 0 Å². The summed E-state index contributed by atoms with van der Waals surface area (Å²) >= 11 is 13.8. The molecule has 5 nitrogen and oxygen atoms in total. The van der Waals surface area contributed by atoms with Gasteiger partial charge in [-0.1, -0.05) is 67.7 Å². The van der Waals surface area contributed by atoms with Gasteiger partial charge in [0.05, 0.1) is 23.0 Å². The lowest BCUT2D eigenvalue weighted by atomic mass is 10.1. The molecule has 0 atom stereocenters. The lowest BCUT2D eigenvalue weighted by Gasteiger charge is -2.32. The fourth-order valence-electron chi connectivity index (χ4n) is 4.47. The van der Waals surface area contributed by atoms with Crippen LogP contribution in [0.3, 0.4) is 0 Å². The maximum absolute atomic E-state index is 6.74. The Kier molecular flexibility index (Phi) is 8.67. The highest BCUT2D eigenvalue weighted by molar-refractivity contribution is 9.10. The number of halogens is 3. The van der Waals surface area contributed by atoms with Crippen LogP contribution < -0.4 is 4.74 Å². The van der Waals surface area contributed by atoms with Crippen LogP contribution in [0.25, 0.3) is 33.9 Å². The Labute approximate surface area is 240 Å². The van der Waals surface area contributed by atoms with Gasteiger partial charge in [0.15, 0.2) is 0 Å². The van der Waals surface area contributed by atoms with Gasteiger partial charge < -0.3 is 19.5 Å². The minimum absolute atomic E-state index is 0.607. The third-order valence-corrected chi connectivity index (χ3v) is 8.00. The van der Waals surface area contributed by atoms with Crippen molar-refractivity contribution in [3.8, 4) is 39.7 Å². The average molecular weight is 645 g/mol. The van der Waals surface area contributed by atoms with Crippen LogP contribution in [-0.4, -0.2) is 66.1 Å². The summed E-state index contributed by atoms with van der Waals surface area (Å²) in [5.74, 6) is 1.50. The summed E-state index contributed by atoms with van der Waals surface area (Å²) in [5.41, 5.74) is 4.75. The maximum atomic E-state index is 6.74. The summed E-state index contributed by atoms with van der Waals surface area (Å²) in [5, 5.41) is 0.607. The van der Waals surface area contributed by atoms with Crippen LogP contribution in [0.2, 0.25) is 5.02 Å². The lowest BCUT2D eigenvalue weighted by Crippen LogP contribution is -2.44. The van der Waals surface area contributed by atoms with Crippen molar-refractivity contribution in [2.45, 2.75) is 6.42 Å². The van der Waals surface area contributed by atoms with E-state index in [1.807, 2.05) is 42.5 Å². The van der Waals surface area contributed by atoms with Gasteiger partial charge in [-0.2, -0.15) is 0 Å². The SMILES string of the molecule is CN1CCN(CCCOc2ccc(-c3nc(-c4ccc(Br)cc4)c(-c4ccc(Br)cc4)[nH]3)c(Cl)c2)CC1. The van der Waals surface area contributed by atoms with E-state index in [1.165, 1.54) is 0 Å². The first-order chi connectivity index (χ1) is 18.0. The van der Waals surface area contributed by atoms with E-state index in [1.54, 1.807) is 0 Å². The van der Waals surface area contributed by atoms with Crippen LogP contribution in [0.15, 0.2) is 75.7 Å². The molecule has 0 amide bonds. The Morgan fingerprint density at radius 1 is 0.892 bits per heavy atom. The zero-order chi connectivity index (χ0) is 25.8. The number of rotatable bonds is 8. The largest absolute Gasteiger partial charge is 0.493 e. The molecule has 1 aliphatic heterocycles. The van der Waals surface area contributed by atoms with E-state index in [4.69, 9.17) is 21.3 Å². The summed E-state index contributed by atoms with van der Waals surface area (Å²) in [6.45, 7) is 6.26. The first-order valence-electron chi connectivity index (χ1n) is 12.4. The summed E-state index contributed by atoms with van der Waals surface area (Å²) < 4.78 is 8.08. The number of hydrogen-bond donors (Lipinski definition) is 1. The highest BCUT2D eigenvalue weighted by Gasteiger charge is 2.18. The van der Waals surface area contributed by atoms with E-state index in [-0.39, 0.29) is 0 Å². The molecule has 0 bridgehead atoms. The van der Waals surface area contributed by atoms with Crippen LogP contribution in [0.4, 0.5) is 0 Å². The number of aromatic nitrogens is 2. The smallest absolute Gasteiger partial charge is 0.140 e. The number of nitrogens with zero attached hydrogens (tertiary/aromatic N) is 3. The molecular weight excluding hydrogens is 616 g/mol. The highest BCUT2D eigenvalue weighted by atomic mass is 79.9. The number of piperazine rings is 1. The van der Waals surface area contributed by atoms with E-state index in [0.29, 0.717) is 11.6 Å². The number of likely N-dealkylation sites (N-methyl/N-ethyl adjacent to an activating group) is 1. The molecule has 1 fully saturated rings. The molecule has 37 heavy (non-hydrogen) atoms. The van der Waals surface area contributed by atoms with Crippen molar-refractivity contribution in [2.24, 2.45) is 0 Å². The number of benzene rings is 3. The first kappa shape index (κ1) is 26.4. The van der Waals surface area contributed by atoms with E-state index in [0.717, 1.165) is 87.7 Å². The van der Waals surface area contributed by atoms with Crippen molar-refractivity contribution in [3.05, 3.63) is 80.7 Å². The van der Waals surface area contributed by atoms with Gasteiger partial charge in [0, 0.05) is 58.4 Å². The Morgan fingerprint density at radius 2 is 1.54 bits per heavy atom. The topological polar surface area (TPSA) is 44.4 Å². The van der Waals surface area contributed by atoms with Gasteiger partial charge in [-0.25, -0.2) is 4.98 Å². The number of aromatic amines is 1. The van der Waals surface area contributed by atoms with Crippen LogP contribution >= 0.6 is 43.5 Å². The zero-order valence-corrected chi connectivity index (χ0v) is 24.6. The van der Waals surface area contributed by atoms with Gasteiger partial charge >= 0.3 is 0 Å². The molecule has 1 aromatic heterocycles. The first-order valence-corrected chi connectivity index (χ1v) is 14.4. The molecule has 1 aliphatic rings. The van der Waals surface area contributed by atoms with Crippen molar-refractivity contribution in [1.29, 1.82) is 0 Å². The van der Waals surface area contributed by atoms with Crippen molar-refractivity contribution in [2.75, 3.05) is 46.4 Å². The predicted octanol–water partition coefficient (Wildman–Crippen LogP) is 7.61. The monoisotopic (exact) mass is 642 g/mol. The molecule has 1 N–H and O–H groups in total. The second-order valence-corrected chi connectivity index (χ2v) is 11.5. The summed E-state index contributed by atoms with van der Waals surface area (Å²) in [6.07, 6.45) is 0.994. The summed E-state index contributed by atoms with van der Waals surface area (Å²) in [7, 11) is 2.18. The van der Waals surface area contributed by atoms with Crippen molar-refractivity contribution < 1.29 is 4.74 Å². The molecule has 3 aromatic carbocycles. The molecule has 192 valence electrons. The fraction of sp³-hybridized carbons (Fsp3) is 0.276. The van der Waals surface area contributed by atoms with Gasteiger partial charge in [-0.05, 0) is 55.9 Å². The van der Waals surface area contributed by atoms with Crippen LogP contribution in [0.1, 0.15) is 6.42 Å². The van der Waals surface area contributed by atoms with Gasteiger partial charge in [0.25, 0.3) is 0 Å². The molecular formula is C29H29Br2ClN4O. The molecule has 0 radical (unpaired) electrons. The van der Waals surface area contributed by atoms with Gasteiger partial charge in [0.2, 0.25) is 0 Å². The Balaban J connectivity index is 1.33. The number of nitrogens with one attached hydrogen (secondary N) is 1. The Bertz CT molecular complexity index is 1270. The standard InChI is InChI=1S/C29H29Br2ClN4O/c1-35-14-16-36(17-15-35)13-2-18-37-24-11-12-25(26(32)19-24)29-33-27(20-3-7-22(30)8-4-20)28(34-29)21-5-9-23(31)10-6-21/h3-12,19H,2,13-18H2,1H3,(H,33,34). The summed E-state index contributed by atoms with van der Waals surface area (Å²) in [6, 6.07) is 22.2. The molecule has 0 aliphatic carbocycles. The molecule has 1 saturated heterocycles. The molecule has 0 spiro atoms. The number of imidazole rings is 1. The average Bonchev–Trinajstić information content (AvgIpc) is 3.34. The highest BCUT2D eigenvalue weighted by Crippen LogP contribution is 2.37. The van der Waals surface area contributed by atoms with E-state index in [2.05, 4.69) is 78.0 Å². The van der Waals surface area contributed by atoms with Gasteiger partial charge in [0.1, 0.15) is 11.6 Å². The van der Waals surface area contributed by atoms with Crippen LogP contribution in [0.5, 0.6) is 5.75 Å². The van der Waals surface area contributed by atoms with E-state index in [9.17, 15) is 0 Å². The molecule has 4 aromatic rings. The minimum Gasteiger partial charge on any atom is -0.493 e. The van der Waals surface area contributed by atoms with Crippen molar-refractivity contribution >= 4 is 43.5 Å². The molecule has 2 heterocycles. The fourth-order valence-corrected chi connectivity index (χ4v) is 5.26. The van der Waals surface area contributed by atoms with E-state index >= 15 is 0 Å². The molecule has 8 heteroatoms. The second-order valence-electron chi connectivity index (χ2n) is 9.31. The summed E-state index contributed by atoms with van der Waals surface area (Å²) in [4.78, 5) is 13.4. The Morgan fingerprint density at radius 3 is 2.19 bits per heavy atom. The number of H-pyrrole nitrogens is 1. The maximum Gasteiger partial charge on any atom is 0.140 e. The third-order valence-electron chi connectivity index (χ3n) is 6.63. The van der Waals surface area contributed by atoms with Crippen LogP contribution in [0, 0.1) is 0 Å². The number of hydrogen-bond acceptors (Lipinski definition) is 4. The molecule has 0 unspecified atom stereocenters. The molecule has 0 saturated carbocycles. The molecule has 5 rings (SSSR count). The predicted molar refractivity (Wildman–Crippen MR) is 159 cm³/mol. The number of ether oxygens (including phenoxy) is 1. The minimum atomic E-state index is 0.607. The normalized spacial score (nSPS) is 14.7. The van der Waals surface area contributed by atoms with Crippen molar-refractivity contribution in [1.82, 2.24) is 19.8 Å². The van der Waals surface area contributed by atoms with Gasteiger partial charge in [-0.15, -0.1) is 0 Å². The quantitative estimate of drug-likeness (QED) is 0.201. The van der Waals surface area contributed by atoms with Gasteiger partial charge in [-0.3, -0.25) is 0 Å². The Hall–Kier alpha value is -2.16. The van der Waals surface area contributed by atoms with Crippen LogP contribution in [-0.2, 0) is 0 Å². The second kappa shape index (κ2) is 12.1. The zero-order valence-electron chi connectivity index (χ0n) is 20.7.